The molecule has 56 valence electrons. The standard InChI is InChI=1S/C9H13Cl/c1-4-8(3)6-7-9(10)5-2/h5-7H,2,4H2,1,3H3/b8-6+,9-7+. The molecule has 0 atom stereocenters. The van der Waals surface area contributed by atoms with Crippen LogP contribution in [0.3, 0.4) is 0 Å². The predicted molar refractivity (Wildman–Crippen MR) is 48.2 cm³/mol. The number of hydrogen-bond acceptors (Lipinski definition) is 0. The highest BCUT2D eigenvalue weighted by molar-refractivity contribution is 6.31. The van der Waals surface area contributed by atoms with Gasteiger partial charge in [-0.25, -0.2) is 0 Å². The van der Waals surface area contributed by atoms with Gasteiger partial charge in [0.25, 0.3) is 0 Å². The zero-order valence-electron chi connectivity index (χ0n) is 6.52. The molecule has 0 aliphatic rings. The maximum Gasteiger partial charge on any atom is 0.0400 e. The van der Waals surface area contributed by atoms with Gasteiger partial charge in [0.15, 0.2) is 0 Å². The van der Waals surface area contributed by atoms with E-state index in [-0.39, 0.29) is 0 Å². The molecule has 0 nitrogen and oxygen atoms in total. The molecule has 0 aromatic heterocycles. The van der Waals surface area contributed by atoms with E-state index in [4.69, 9.17) is 11.6 Å². The van der Waals surface area contributed by atoms with Crippen molar-refractivity contribution in [3.63, 3.8) is 0 Å². The van der Waals surface area contributed by atoms with Crippen molar-refractivity contribution in [1.82, 2.24) is 0 Å². The summed E-state index contributed by atoms with van der Waals surface area (Å²) < 4.78 is 0. The van der Waals surface area contributed by atoms with Crippen molar-refractivity contribution < 1.29 is 0 Å². The Bertz CT molecular complexity index is 164. The normalized spacial score (nSPS) is 13.5. The van der Waals surface area contributed by atoms with Gasteiger partial charge in [-0.3, -0.25) is 0 Å². The summed E-state index contributed by atoms with van der Waals surface area (Å²) in [6.07, 6.45) is 6.55. The third-order valence-electron chi connectivity index (χ3n) is 1.28. The third kappa shape index (κ3) is 4.39. The van der Waals surface area contributed by atoms with E-state index in [0.717, 1.165) is 6.42 Å². The molecule has 0 amide bonds. The summed E-state index contributed by atoms with van der Waals surface area (Å²) in [4.78, 5) is 0. The van der Waals surface area contributed by atoms with E-state index in [9.17, 15) is 0 Å². The highest BCUT2D eigenvalue weighted by Crippen LogP contribution is 2.04. The molecule has 0 aliphatic heterocycles. The molecule has 10 heavy (non-hydrogen) atoms. The summed E-state index contributed by atoms with van der Waals surface area (Å²) in [5, 5.41) is 0.688. The monoisotopic (exact) mass is 156 g/mol. The van der Waals surface area contributed by atoms with E-state index >= 15 is 0 Å². The smallest absolute Gasteiger partial charge is 0.0400 e. The topological polar surface area (TPSA) is 0 Å². The summed E-state index contributed by atoms with van der Waals surface area (Å²) in [5.41, 5.74) is 1.32. The second-order valence-corrected chi connectivity index (χ2v) is 2.56. The Labute approximate surface area is 67.9 Å². The zero-order valence-corrected chi connectivity index (χ0v) is 7.28. The van der Waals surface area contributed by atoms with Crippen molar-refractivity contribution in [3.8, 4) is 0 Å². The van der Waals surface area contributed by atoms with Crippen molar-refractivity contribution in [2.24, 2.45) is 0 Å². The van der Waals surface area contributed by atoms with Gasteiger partial charge < -0.3 is 0 Å². The van der Waals surface area contributed by atoms with Crippen molar-refractivity contribution >= 4 is 11.6 Å². The summed E-state index contributed by atoms with van der Waals surface area (Å²) in [7, 11) is 0. The van der Waals surface area contributed by atoms with Crippen LogP contribution in [-0.4, -0.2) is 0 Å². The first-order valence-corrected chi connectivity index (χ1v) is 3.74. The van der Waals surface area contributed by atoms with Gasteiger partial charge in [-0.05, 0) is 19.4 Å². The first-order valence-electron chi connectivity index (χ1n) is 3.36. The molecule has 0 aromatic rings. The summed E-state index contributed by atoms with van der Waals surface area (Å²) >= 11 is 5.66. The SMILES string of the molecule is C=C/C(Cl)=C\C=C(/C)CC. The largest absolute Gasteiger partial charge is 0.0976 e. The quantitative estimate of drug-likeness (QED) is 0.548. The van der Waals surface area contributed by atoms with E-state index in [1.54, 1.807) is 6.08 Å². The Kier molecular flexibility index (Phi) is 5.05. The molecule has 0 N–H and O–H groups in total. The minimum absolute atomic E-state index is 0.688. The molecule has 0 spiro atoms. The molecule has 0 rings (SSSR count). The van der Waals surface area contributed by atoms with Gasteiger partial charge in [0, 0.05) is 5.03 Å². The zero-order chi connectivity index (χ0) is 7.98. The molecule has 1 heteroatoms. The third-order valence-corrected chi connectivity index (χ3v) is 1.56. The minimum atomic E-state index is 0.688. The van der Waals surface area contributed by atoms with Crippen molar-refractivity contribution in [3.05, 3.63) is 35.4 Å². The highest BCUT2D eigenvalue weighted by Gasteiger charge is 1.81. The van der Waals surface area contributed by atoms with E-state index in [1.165, 1.54) is 5.57 Å². The summed E-state index contributed by atoms with van der Waals surface area (Å²) in [5.74, 6) is 0. The number of rotatable bonds is 3. The first-order chi connectivity index (χ1) is 4.70. The van der Waals surface area contributed by atoms with E-state index in [1.807, 2.05) is 12.2 Å². The average Bonchev–Trinajstić information content (AvgIpc) is 1.99. The molecule has 0 saturated heterocycles. The Hall–Kier alpha value is -0.490. The molecule has 0 fully saturated rings. The molecular weight excluding hydrogens is 144 g/mol. The minimum Gasteiger partial charge on any atom is -0.0976 e. The van der Waals surface area contributed by atoms with E-state index < -0.39 is 0 Å². The van der Waals surface area contributed by atoms with Crippen molar-refractivity contribution in [2.75, 3.05) is 0 Å². The van der Waals surface area contributed by atoms with Gasteiger partial charge in [-0.1, -0.05) is 42.8 Å². The van der Waals surface area contributed by atoms with Crippen LogP contribution in [-0.2, 0) is 0 Å². The van der Waals surface area contributed by atoms with Crippen LogP contribution in [0.25, 0.3) is 0 Å². The predicted octanol–water partition coefficient (Wildman–Crippen LogP) is 3.65. The van der Waals surface area contributed by atoms with Gasteiger partial charge in [0.1, 0.15) is 0 Å². The van der Waals surface area contributed by atoms with Gasteiger partial charge in [0.2, 0.25) is 0 Å². The first kappa shape index (κ1) is 9.51. The summed E-state index contributed by atoms with van der Waals surface area (Å²) in [6, 6.07) is 0. The van der Waals surface area contributed by atoms with Crippen LogP contribution < -0.4 is 0 Å². The maximum atomic E-state index is 5.66. The van der Waals surface area contributed by atoms with Crippen LogP contribution in [0.5, 0.6) is 0 Å². The van der Waals surface area contributed by atoms with E-state index in [2.05, 4.69) is 20.4 Å². The lowest BCUT2D eigenvalue weighted by atomic mass is 10.2. The lowest BCUT2D eigenvalue weighted by molar-refractivity contribution is 1.10. The fraction of sp³-hybridized carbons (Fsp3) is 0.333. The number of allylic oxidation sites excluding steroid dienone is 5. The molecule has 0 aromatic carbocycles. The van der Waals surface area contributed by atoms with Crippen molar-refractivity contribution in [2.45, 2.75) is 20.3 Å². The molecule has 0 bridgehead atoms. The lowest BCUT2D eigenvalue weighted by Gasteiger charge is -1.89. The average molecular weight is 157 g/mol. The van der Waals surface area contributed by atoms with Gasteiger partial charge in [-0.15, -0.1) is 0 Å². The molecule has 0 aliphatic carbocycles. The van der Waals surface area contributed by atoms with Gasteiger partial charge >= 0.3 is 0 Å². The Morgan fingerprint density at radius 1 is 1.50 bits per heavy atom. The Morgan fingerprint density at radius 3 is 2.50 bits per heavy atom. The number of halogens is 1. The molecule has 0 unspecified atom stereocenters. The molecule has 0 saturated carbocycles. The van der Waals surface area contributed by atoms with Gasteiger partial charge in [0.05, 0.1) is 0 Å². The lowest BCUT2D eigenvalue weighted by Crippen LogP contribution is -1.68. The molecule has 0 radical (unpaired) electrons. The fourth-order valence-electron chi connectivity index (χ4n) is 0.408. The number of hydrogen-bond donors (Lipinski definition) is 0. The molecule has 0 heterocycles. The van der Waals surface area contributed by atoms with Crippen LogP contribution >= 0.6 is 11.6 Å². The Balaban J connectivity index is 4.03. The second-order valence-electron chi connectivity index (χ2n) is 2.12. The van der Waals surface area contributed by atoms with Crippen LogP contribution in [0.15, 0.2) is 35.4 Å². The van der Waals surface area contributed by atoms with Crippen LogP contribution in [0, 0.1) is 0 Å². The Morgan fingerprint density at radius 2 is 2.10 bits per heavy atom. The van der Waals surface area contributed by atoms with Crippen molar-refractivity contribution in [1.29, 1.82) is 0 Å². The van der Waals surface area contributed by atoms with E-state index in [0.29, 0.717) is 5.03 Å². The fourth-order valence-corrected chi connectivity index (χ4v) is 0.471. The maximum absolute atomic E-state index is 5.66. The molecular formula is C9H13Cl. The summed E-state index contributed by atoms with van der Waals surface area (Å²) in [6.45, 7) is 7.72. The van der Waals surface area contributed by atoms with Crippen LogP contribution in [0.1, 0.15) is 20.3 Å². The highest BCUT2D eigenvalue weighted by atomic mass is 35.5. The van der Waals surface area contributed by atoms with Crippen LogP contribution in [0.2, 0.25) is 0 Å². The van der Waals surface area contributed by atoms with Crippen LogP contribution in [0.4, 0.5) is 0 Å². The van der Waals surface area contributed by atoms with Gasteiger partial charge in [-0.2, -0.15) is 0 Å². The second kappa shape index (κ2) is 5.31.